The highest BCUT2D eigenvalue weighted by molar-refractivity contribution is 6.30. The summed E-state index contributed by atoms with van der Waals surface area (Å²) < 4.78 is 5.59. The second-order valence-electron chi connectivity index (χ2n) is 4.46. The Morgan fingerprint density at radius 1 is 1.30 bits per heavy atom. The van der Waals surface area contributed by atoms with E-state index < -0.39 is 0 Å². The molecule has 1 atom stereocenters. The average molecular weight is 292 g/mol. The quantitative estimate of drug-likeness (QED) is 0.634. The van der Waals surface area contributed by atoms with Gasteiger partial charge in [0.15, 0.2) is 0 Å². The number of halogens is 1. The van der Waals surface area contributed by atoms with Crippen LogP contribution in [0.15, 0.2) is 42.7 Å². The lowest BCUT2D eigenvalue weighted by atomic mass is 10.0. The molecule has 0 amide bonds. The normalized spacial score (nSPS) is 12.2. The van der Waals surface area contributed by atoms with E-state index in [9.17, 15) is 0 Å². The van der Waals surface area contributed by atoms with Gasteiger partial charge in [0.05, 0.1) is 18.8 Å². The maximum absolute atomic E-state index is 6.02. The van der Waals surface area contributed by atoms with Gasteiger partial charge in [0.25, 0.3) is 0 Å². The molecule has 1 heterocycles. The number of nitrogens with zero attached hydrogens (tertiary/aromatic N) is 1. The third-order valence-corrected chi connectivity index (χ3v) is 3.12. The topological polar surface area (TPSA) is 60.2 Å². The van der Waals surface area contributed by atoms with Crippen molar-refractivity contribution < 1.29 is 4.74 Å². The van der Waals surface area contributed by atoms with E-state index in [1.165, 1.54) is 0 Å². The average Bonchev–Trinajstić information content (AvgIpc) is 2.46. The Balaban J connectivity index is 2.27. The van der Waals surface area contributed by atoms with Crippen molar-refractivity contribution >= 4 is 11.6 Å². The van der Waals surface area contributed by atoms with Gasteiger partial charge in [-0.3, -0.25) is 10.8 Å². The lowest BCUT2D eigenvalue weighted by molar-refractivity contribution is 0.315. The lowest BCUT2D eigenvalue weighted by Crippen LogP contribution is -2.28. The van der Waals surface area contributed by atoms with E-state index in [2.05, 4.69) is 17.3 Å². The van der Waals surface area contributed by atoms with Crippen LogP contribution in [0.2, 0.25) is 5.02 Å². The van der Waals surface area contributed by atoms with Gasteiger partial charge in [0, 0.05) is 11.2 Å². The molecule has 0 spiro atoms. The zero-order valence-electron chi connectivity index (χ0n) is 11.3. The number of nitrogens with one attached hydrogen (secondary N) is 1. The van der Waals surface area contributed by atoms with Gasteiger partial charge in [0.2, 0.25) is 0 Å². The summed E-state index contributed by atoms with van der Waals surface area (Å²) in [7, 11) is 0. The molecule has 0 aliphatic rings. The molecule has 1 aromatic heterocycles. The smallest absolute Gasteiger partial charge is 0.137 e. The van der Waals surface area contributed by atoms with E-state index in [4.69, 9.17) is 22.2 Å². The van der Waals surface area contributed by atoms with E-state index in [1.54, 1.807) is 12.4 Å². The van der Waals surface area contributed by atoms with Crippen LogP contribution in [0.25, 0.3) is 0 Å². The van der Waals surface area contributed by atoms with Gasteiger partial charge in [-0.1, -0.05) is 30.7 Å². The number of hydrazine groups is 1. The van der Waals surface area contributed by atoms with Crippen molar-refractivity contribution in [1.82, 2.24) is 10.4 Å². The molecule has 4 nitrogen and oxygen atoms in total. The summed E-state index contributed by atoms with van der Waals surface area (Å²) in [4.78, 5) is 4.20. The Morgan fingerprint density at radius 3 is 2.85 bits per heavy atom. The van der Waals surface area contributed by atoms with E-state index in [0.29, 0.717) is 11.6 Å². The predicted molar refractivity (Wildman–Crippen MR) is 80.6 cm³/mol. The molecule has 106 valence electrons. The first-order valence-electron chi connectivity index (χ1n) is 6.54. The molecular weight excluding hydrogens is 274 g/mol. The van der Waals surface area contributed by atoms with Crippen LogP contribution in [0.3, 0.4) is 0 Å². The summed E-state index contributed by atoms with van der Waals surface area (Å²) >= 11 is 6.02. The molecule has 2 rings (SSSR count). The van der Waals surface area contributed by atoms with Gasteiger partial charge in [0.1, 0.15) is 5.75 Å². The monoisotopic (exact) mass is 291 g/mol. The third-order valence-electron chi connectivity index (χ3n) is 2.89. The summed E-state index contributed by atoms with van der Waals surface area (Å²) in [6.07, 6.45) is 4.42. The molecular formula is C15H18ClN3O. The van der Waals surface area contributed by atoms with Crippen molar-refractivity contribution in [1.29, 1.82) is 0 Å². The van der Waals surface area contributed by atoms with Crippen LogP contribution in [0.5, 0.6) is 5.75 Å². The summed E-state index contributed by atoms with van der Waals surface area (Å²) in [5, 5.41) is 0.675. The fourth-order valence-electron chi connectivity index (χ4n) is 1.96. The molecule has 5 heteroatoms. The second-order valence-corrected chi connectivity index (χ2v) is 4.89. The summed E-state index contributed by atoms with van der Waals surface area (Å²) in [5.41, 5.74) is 4.71. The molecule has 0 saturated carbocycles. The van der Waals surface area contributed by atoms with Crippen LogP contribution < -0.4 is 16.0 Å². The molecule has 1 aromatic carbocycles. The fourth-order valence-corrected chi connectivity index (χ4v) is 2.16. The zero-order chi connectivity index (χ0) is 14.4. The first-order valence-corrected chi connectivity index (χ1v) is 6.91. The maximum Gasteiger partial charge on any atom is 0.137 e. The van der Waals surface area contributed by atoms with Gasteiger partial charge in [-0.15, -0.1) is 0 Å². The largest absolute Gasteiger partial charge is 0.492 e. The van der Waals surface area contributed by atoms with Crippen molar-refractivity contribution in [2.45, 2.75) is 19.4 Å². The summed E-state index contributed by atoms with van der Waals surface area (Å²) in [6, 6.07) is 9.34. The summed E-state index contributed by atoms with van der Waals surface area (Å²) in [6.45, 7) is 2.73. The van der Waals surface area contributed by atoms with Crippen molar-refractivity contribution in [3.05, 3.63) is 58.9 Å². The van der Waals surface area contributed by atoms with Gasteiger partial charge in [-0.25, -0.2) is 5.43 Å². The number of hydrogen-bond donors (Lipinski definition) is 2. The van der Waals surface area contributed by atoms with E-state index >= 15 is 0 Å². The summed E-state index contributed by atoms with van der Waals surface area (Å²) in [5.74, 6) is 6.42. The molecule has 0 fully saturated rings. The highest BCUT2D eigenvalue weighted by Crippen LogP contribution is 2.25. The van der Waals surface area contributed by atoms with Crippen LogP contribution in [0, 0.1) is 0 Å². The second kappa shape index (κ2) is 7.24. The zero-order valence-corrected chi connectivity index (χ0v) is 12.1. The van der Waals surface area contributed by atoms with Crippen LogP contribution in [-0.2, 0) is 0 Å². The molecule has 0 aliphatic heterocycles. The van der Waals surface area contributed by atoms with Crippen LogP contribution in [-0.4, -0.2) is 11.6 Å². The Kier molecular flexibility index (Phi) is 5.35. The Hall–Kier alpha value is -1.62. The number of aromatic nitrogens is 1. The highest BCUT2D eigenvalue weighted by Gasteiger charge is 2.14. The van der Waals surface area contributed by atoms with Crippen molar-refractivity contribution in [3.8, 4) is 5.75 Å². The molecule has 2 aromatic rings. The molecule has 0 radical (unpaired) electrons. The molecule has 0 saturated heterocycles. The lowest BCUT2D eigenvalue weighted by Gasteiger charge is -2.17. The van der Waals surface area contributed by atoms with Crippen molar-refractivity contribution in [2.75, 3.05) is 6.61 Å². The number of benzene rings is 1. The first-order chi connectivity index (χ1) is 9.74. The van der Waals surface area contributed by atoms with Gasteiger partial charge >= 0.3 is 0 Å². The number of ether oxygens (including phenoxy) is 1. The van der Waals surface area contributed by atoms with Gasteiger partial charge in [-0.05, 0) is 35.7 Å². The standard InChI is InChI=1S/C15H18ClN3O/c1-2-6-20-14-8-12(9-18-10-14)15(19-17)11-4-3-5-13(16)7-11/h3-5,7-10,15,19H,2,6,17H2,1H3. The van der Waals surface area contributed by atoms with Crippen LogP contribution in [0.1, 0.15) is 30.5 Å². The SMILES string of the molecule is CCCOc1cncc(C(NN)c2cccc(Cl)c2)c1. The van der Waals surface area contributed by atoms with Crippen LogP contribution >= 0.6 is 11.6 Å². The first kappa shape index (κ1) is 14.8. The number of pyridine rings is 1. The minimum absolute atomic E-state index is 0.175. The fraction of sp³-hybridized carbons (Fsp3) is 0.267. The predicted octanol–water partition coefficient (Wildman–Crippen LogP) is 3.08. The Morgan fingerprint density at radius 2 is 2.15 bits per heavy atom. The Labute approximate surface area is 123 Å². The number of rotatable bonds is 6. The van der Waals surface area contributed by atoms with E-state index in [1.807, 2.05) is 30.3 Å². The molecule has 0 bridgehead atoms. The van der Waals surface area contributed by atoms with E-state index in [0.717, 1.165) is 23.3 Å². The Bertz CT molecular complexity index is 562. The minimum Gasteiger partial charge on any atom is -0.492 e. The van der Waals surface area contributed by atoms with Gasteiger partial charge in [-0.2, -0.15) is 0 Å². The molecule has 3 N–H and O–H groups in total. The van der Waals surface area contributed by atoms with Crippen LogP contribution in [0.4, 0.5) is 0 Å². The van der Waals surface area contributed by atoms with E-state index in [-0.39, 0.29) is 6.04 Å². The maximum atomic E-state index is 6.02. The minimum atomic E-state index is -0.175. The van der Waals surface area contributed by atoms with Crippen molar-refractivity contribution in [2.24, 2.45) is 5.84 Å². The molecule has 0 aliphatic carbocycles. The highest BCUT2D eigenvalue weighted by atomic mass is 35.5. The van der Waals surface area contributed by atoms with Crippen molar-refractivity contribution in [3.63, 3.8) is 0 Å². The van der Waals surface area contributed by atoms with Gasteiger partial charge < -0.3 is 4.74 Å². The number of nitrogens with two attached hydrogens (primary N) is 1. The molecule has 20 heavy (non-hydrogen) atoms. The molecule has 1 unspecified atom stereocenters. The number of hydrogen-bond acceptors (Lipinski definition) is 4. The third kappa shape index (κ3) is 3.70.